The molecule has 0 unspecified atom stereocenters. The van der Waals surface area contributed by atoms with Gasteiger partial charge in [-0.2, -0.15) is 0 Å². The molecule has 0 spiro atoms. The summed E-state index contributed by atoms with van der Waals surface area (Å²) in [5.74, 6) is 0. The van der Waals surface area contributed by atoms with Gasteiger partial charge in [0.2, 0.25) is 0 Å². The first-order chi connectivity index (χ1) is 34.4. The minimum absolute atomic E-state index is 1.11. The standard InChI is InChI=1S/C66H50N4/c1-43-45(3)67(53-27-31-55(32-28-53)69(51-19-7-5-8-20-51)57-25-23-47-15-11-13-17-49(47)41-57)65-59(43)35-37-61-62-38-36-60-44(2)46(4)68(66(60)64(62)40-39-63(61)65)54-29-33-56(34-30-54)70(52-21-9-6-10-22-52)58-26-24-48-16-12-14-18-50(48)42-58/h5-42H,1-4H3. The summed E-state index contributed by atoms with van der Waals surface area (Å²) in [7, 11) is 0. The van der Waals surface area contributed by atoms with Crippen LogP contribution in [0, 0.1) is 27.7 Å². The molecule has 0 aliphatic carbocycles. The summed E-state index contributed by atoms with van der Waals surface area (Å²) in [6.45, 7) is 9.05. The van der Waals surface area contributed by atoms with E-state index in [1.807, 2.05) is 0 Å². The lowest BCUT2D eigenvalue weighted by Crippen LogP contribution is -2.10. The molecule has 0 aliphatic heterocycles. The van der Waals surface area contributed by atoms with Gasteiger partial charge in [-0.15, -0.1) is 0 Å². The van der Waals surface area contributed by atoms with Crippen LogP contribution >= 0.6 is 0 Å². The molecule has 4 heteroatoms. The van der Waals surface area contributed by atoms with E-state index in [1.54, 1.807) is 0 Å². The van der Waals surface area contributed by atoms with Crippen molar-refractivity contribution >= 4 is 99.0 Å². The molecule has 2 aromatic heterocycles. The van der Waals surface area contributed by atoms with E-state index in [4.69, 9.17) is 0 Å². The molecule has 2 heterocycles. The van der Waals surface area contributed by atoms with Crippen molar-refractivity contribution in [3.8, 4) is 11.4 Å². The van der Waals surface area contributed by atoms with Gasteiger partial charge in [-0.05, 0) is 168 Å². The molecule has 334 valence electrons. The molecule has 11 aromatic carbocycles. The Morgan fingerprint density at radius 2 is 0.571 bits per heavy atom. The van der Waals surface area contributed by atoms with E-state index in [0.717, 1.165) is 45.5 Å². The Hall–Kier alpha value is -8.86. The lowest BCUT2D eigenvalue weighted by atomic mass is 9.97. The van der Waals surface area contributed by atoms with Crippen molar-refractivity contribution in [2.24, 2.45) is 0 Å². The largest absolute Gasteiger partial charge is 0.313 e. The van der Waals surface area contributed by atoms with Crippen molar-refractivity contribution in [2.45, 2.75) is 27.7 Å². The van der Waals surface area contributed by atoms with Gasteiger partial charge in [0.05, 0.1) is 11.0 Å². The molecule has 0 amide bonds. The van der Waals surface area contributed by atoms with Crippen LogP contribution in [-0.2, 0) is 0 Å². The van der Waals surface area contributed by atoms with Crippen LogP contribution in [-0.4, -0.2) is 9.13 Å². The Labute approximate surface area is 408 Å². The third-order valence-electron chi connectivity index (χ3n) is 14.9. The average Bonchev–Trinajstić information content (AvgIpc) is 3.83. The molecule has 0 fully saturated rings. The molecule has 0 atom stereocenters. The number of nitrogens with zero attached hydrogens (tertiary/aromatic N) is 4. The van der Waals surface area contributed by atoms with Crippen LogP contribution in [0.2, 0.25) is 0 Å². The summed E-state index contributed by atoms with van der Waals surface area (Å²) in [4.78, 5) is 4.70. The van der Waals surface area contributed by atoms with E-state index in [1.165, 1.54) is 87.4 Å². The van der Waals surface area contributed by atoms with E-state index in [0.29, 0.717) is 0 Å². The van der Waals surface area contributed by atoms with E-state index < -0.39 is 0 Å². The second-order valence-corrected chi connectivity index (χ2v) is 18.7. The Balaban J connectivity index is 0.919. The highest BCUT2D eigenvalue weighted by Crippen LogP contribution is 2.43. The molecule has 0 saturated heterocycles. The molecule has 0 bridgehead atoms. The molecule has 0 saturated carbocycles. The normalized spacial score (nSPS) is 11.7. The van der Waals surface area contributed by atoms with Crippen LogP contribution in [0.4, 0.5) is 34.1 Å². The fraction of sp³-hybridized carbons (Fsp3) is 0.0606. The second kappa shape index (κ2) is 16.4. The summed E-state index contributed by atoms with van der Waals surface area (Å²) in [5, 5.41) is 12.5. The quantitative estimate of drug-likeness (QED) is 0.141. The lowest BCUT2D eigenvalue weighted by molar-refractivity contribution is 1.04. The predicted octanol–water partition coefficient (Wildman–Crippen LogP) is 18.4. The number of hydrogen-bond donors (Lipinski definition) is 0. The highest BCUT2D eigenvalue weighted by atomic mass is 15.1. The first kappa shape index (κ1) is 41.3. The summed E-state index contributed by atoms with van der Waals surface area (Å²) >= 11 is 0. The molecule has 0 N–H and O–H groups in total. The molecule has 0 radical (unpaired) electrons. The third-order valence-corrected chi connectivity index (χ3v) is 14.9. The van der Waals surface area contributed by atoms with E-state index in [-0.39, 0.29) is 0 Å². The van der Waals surface area contributed by atoms with Crippen molar-refractivity contribution in [2.75, 3.05) is 9.80 Å². The van der Waals surface area contributed by atoms with Crippen molar-refractivity contribution in [3.63, 3.8) is 0 Å². The van der Waals surface area contributed by atoms with Gasteiger partial charge in [0.25, 0.3) is 0 Å². The second-order valence-electron chi connectivity index (χ2n) is 18.7. The number of para-hydroxylation sites is 2. The first-order valence-electron chi connectivity index (χ1n) is 24.3. The summed E-state index contributed by atoms with van der Waals surface area (Å²) in [6.07, 6.45) is 0. The third kappa shape index (κ3) is 6.59. The highest BCUT2D eigenvalue weighted by Gasteiger charge is 2.22. The first-order valence-corrected chi connectivity index (χ1v) is 24.3. The summed E-state index contributed by atoms with van der Waals surface area (Å²) in [6, 6.07) is 84.3. The monoisotopic (exact) mass is 898 g/mol. The average molecular weight is 899 g/mol. The van der Waals surface area contributed by atoms with Gasteiger partial charge in [0, 0.05) is 78.4 Å². The number of anilines is 6. The van der Waals surface area contributed by atoms with Gasteiger partial charge in [0.1, 0.15) is 0 Å². The molecule has 70 heavy (non-hydrogen) atoms. The number of aromatic nitrogens is 2. The minimum Gasteiger partial charge on any atom is -0.313 e. The van der Waals surface area contributed by atoms with Gasteiger partial charge in [-0.3, -0.25) is 0 Å². The van der Waals surface area contributed by atoms with Crippen molar-refractivity contribution in [1.29, 1.82) is 0 Å². The Morgan fingerprint density at radius 3 is 0.971 bits per heavy atom. The Morgan fingerprint density at radius 1 is 0.257 bits per heavy atom. The summed E-state index contributed by atoms with van der Waals surface area (Å²) in [5.41, 5.74) is 16.6. The molecule has 4 nitrogen and oxygen atoms in total. The fourth-order valence-corrected chi connectivity index (χ4v) is 11.2. The predicted molar refractivity (Wildman–Crippen MR) is 298 cm³/mol. The van der Waals surface area contributed by atoms with Gasteiger partial charge in [-0.25, -0.2) is 0 Å². The molecule has 13 rings (SSSR count). The smallest absolute Gasteiger partial charge is 0.0612 e. The zero-order valence-corrected chi connectivity index (χ0v) is 39.7. The number of fused-ring (bicyclic) bond motifs is 9. The number of aryl methyl sites for hydroxylation is 2. The fourth-order valence-electron chi connectivity index (χ4n) is 11.2. The van der Waals surface area contributed by atoms with Crippen LogP contribution in [0.3, 0.4) is 0 Å². The molecule has 13 aromatic rings. The highest BCUT2D eigenvalue weighted by molar-refractivity contribution is 6.22. The van der Waals surface area contributed by atoms with Gasteiger partial charge < -0.3 is 18.9 Å². The van der Waals surface area contributed by atoms with E-state index in [9.17, 15) is 0 Å². The van der Waals surface area contributed by atoms with Crippen LogP contribution in [0.25, 0.3) is 76.3 Å². The number of hydrogen-bond acceptors (Lipinski definition) is 2. The van der Waals surface area contributed by atoms with Crippen LogP contribution < -0.4 is 9.80 Å². The number of rotatable bonds is 8. The summed E-state index contributed by atoms with van der Waals surface area (Å²) < 4.78 is 4.94. The Bertz CT molecular complexity index is 3870. The van der Waals surface area contributed by atoms with E-state index >= 15 is 0 Å². The van der Waals surface area contributed by atoms with E-state index in [2.05, 4.69) is 277 Å². The van der Waals surface area contributed by atoms with Crippen molar-refractivity contribution in [3.05, 3.63) is 253 Å². The molecular formula is C66H50N4. The lowest BCUT2D eigenvalue weighted by Gasteiger charge is -2.26. The van der Waals surface area contributed by atoms with Gasteiger partial charge in [-0.1, -0.05) is 133 Å². The van der Waals surface area contributed by atoms with Gasteiger partial charge >= 0.3 is 0 Å². The van der Waals surface area contributed by atoms with Gasteiger partial charge in [0.15, 0.2) is 0 Å². The maximum Gasteiger partial charge on any atom is 0.0612 e. The Kier molecular flexibility index (Phi) is 9.70. The maximum atomic E-state index is 2.47. The number of benzene rings is 11. The maximum absolute atomic E-state index is 2.47. The van der Waals surface area contributed by atoms with Crippen LogP contribution in [0.15, 0.2) is 231 Å². The van der Waals surface area contributed by atoms with Crippen molar-refractivity contribution < 1.29 is 0 Å². The SMILES string of the molecule is Cc1c(C)n(-c2ccc(N(c3ccccc3)c3ccc4ccccc4c3)cc2)c2c1ccc1c3ccc4c(C)c(C)n(-c5ccc(N(c6ccccc6)c6ccc7ccccc7c6)cc5)c4c3ccc12. The minimum atomic E-state index is 1.11. The topological polar surface area (TPSA) is 16.3 Å². The van der Waals surface area contributed by atoms with Crippen LogP contribution in [0.1, 0.15) is 22.5 Å². The molecular weight excluding hydrogens is 849 g/mol. The zero-order valence-electron chi connectivity index (χ0n) is 39.7. The zero-order chi connectivity index (χ0) is 47.0. The van der Waals surface area contributed by atoms with Crippen molar-refractivity contribution in [1.82, 2.24) is 9.13 Å². The van der Waals surface area contributed by atoms with Crippen LogP contribution in [0.5, 0.6) is 0 Å². The molecule has 0 aliphatic rings.